The summed E-state index contributed by atoms with van der Waals surface area (Å²) in [5.74, 6) is 1.23. The highest BCUT2D eigenvalue weighted by molar-refractivity contribution is 7.91. The van der Waals surface area contributed by atoms with Crippen molar-refractivity contribution in [2.24, 2.45) is 0 Å². The number of sulfonamides is 1. The lowest BCUT2D eigenvalue weighted by molar-refractivity contribution is -0.127. The van der Waals surface area contributed by atoms with E-state index < -0.39 is 10.0 Å². The van der Waals surface area contributed by atoms with Crippen molar-refractivity contribution in [3.8, 4) is 11.5 Å². The minimum atomic E-state index is -3.57. The van der Waals surface area contributed by atoms with Crippen molar-refractivity contribution in [2.45, 2.75) is 10.6 Å². The van der Waals surface area contributed by atoms with Crippen LogP contribution in [0.15, 0.2) is 40.6 Å². The van der Waals surface area contributed by atoms with E-state index in [1.54, 1.807) is 17.0 Å². The molecule has 2 aliphatic heterocycles. The predicted octanol–water partition coefficient (Wildman–Crippen LogP) is 3.11. The molecule has 4 rings (SSSR count). The number of halogens is 1. The molecule has 0 bridgehead atoms. The van der Waals surface area contributed by atoms with Gasteiger partial charge in [-0.2, -0.15) is 4.31 Å². The van der Waals surface area contributed by atoms with Gasteiger partial charge in [-0.25, -0.2) is 8.42 Å². The summed E-state index contributed by atoms with van der Waals surface area (Å²) >= 11 is 6.90. The molecule has 2 aromatic rings. The molecule has 1 amide bonds. The van der Waals surface area contributed by atoms with Crippen LogP contribution in [0, 0.1) is 0 Å². The fraction of sp³-hybridized carbons (Fsp3) is 0.350. The Balaban J connectivity index is 1.36. The van der Waals surface area contributed by atoms with E-state index in [4.69, 9.17) is 21.1 Å². The van der Waals surface area contributed by atoms with Gasteiger partial charge >= 0.3 is 0 Å². The first-order chi connectivity index (χ1) is 14.4. The minimum Gasteiger partial charge on any atom is -0.490 e. The van der Waals surface area contributed by atoms with Crippen molar-refractivity contribution in [1.82, 2.24) is 9.21 Å². The van der Waals surface area contributed by atoms with Crippen molar-refractivity contribution in [1.29, 1.82) is 0 Å². The van der Waals surface area contributed by atoms with E-state index in [1.165, 1.54) is 16.4 Å². The SMILES string of the molecule is O=C(/C=C/c1ccc2c(c1)OCCCO2)N1CCN(S(=O)(=O)c2ccc(Cl)s2)CC1. The molecule has 0 aliphatic carbocycles. The third kappa shape index (κ3) is 4.64. The van der Waals surface area contributed by atoms with Crippen LogP contribution < -0.4 is 9.47 Å². The number of hydrogen-bond donors (Lipinski definition) is 0. The molecule has 0 atom stereocenters. The number of carbonyl (C=O) groups excluding carboxylic acids is 1. The van der Waals surface area contributed by atoms with Crippen molar-refractivity contribution in [3.63, 3.8) is 0 Å². The molecule has 0 saturated carbocycles. The first-order valence-corrected chi connectivity index (χ1v) is 12.2. The highest BCUT2D eigenvalue weighted by atomic mass is 35.5. The number of benzene rings is 1. The van der Waals surface area contributed by atoms with E-state index in [2.05, 4.69) is 0 Å². The maximum Gasteiger partial charge on any atom is 0.252 e. The van der Waals surface area contributed by atoms with Gasteiger partial charge < -0.3 is 14.4 Å². The number of amides is 1. The number of piperazine rings is 1. The summed E-state index contributed by atoms with van der Waals surface area (Å²) in [5, 5.41) is 0. The Kier molecular flexibility index (Phi) is 6.33. The topological polar surface area (TPSA) is 76.2 Å². The van der Waals surface area contributed by atoms with Gasteiger partial charge in [-0.05, 0) is 35.9 Å². The Labute approximate surface area is 184 Å². The maximum absolute atomic E-state index is 12.7. The molecule has 2 aliphatic rings. The third-order valence-corrected chi connectivity index (χ3v) is 8.48. The molecule has 0 unspecified atom stereocenters. The second-order valence-electron chi connectivity index (χ2n) is 6.88. The molecule has 0 N–H and O–H groups in total. The van der Waals surface area contributed by atoms with Crippen LogP contribution in [0.2, 0.25) is 4.34 Å². The Hall–Kier alpha value is -2.07. The second kappa shape index (κ2) is 8.97. The quantitative estimate of drug-likeness (QED) is 0.644. The van der Waals surface area contributed by atoms with Crippen LogP contribution >= 0.6 is 22.9 Å². The lowest BCUT2D eigenvalue weighted by Gasteiger charge is -2.33. The summed E-state index contributed by atoms with van der Waals surface area (Å²) in [6, 6.07) is 8.64. The summed E-state index contributed by atoms with van der Waals surface area (Å²) in [6.45, 7) is 2.40. The second-order valence-corrected chi connectivity index (χ2v) is 10.8. The van der Waals surface area contributed by atoms with Crippen LogP contribution in [0.25, 0.3) is 6.08 Å². The molecule has 7 nitrogen and oxygen atoms in total. The molecule has 1 aromatic heterocycles. The van der Waals surface area contributed by atoms with Gasteiger partial charge in [-0.1, -0.05) is 17.7 Å². The van der Waals surface area contributed by atoms with Crippen LogP contribution in [0.5, 0.6) is 11.5 Å². The summed E-state index contributed by atoms with van der Waals surface area (Å²) in [6.07, 6.45) is 4.07. The van der Waals surface area contributed by atoms with E-state index in [1.807, 2.05) is 18.2 Å². The lowest BCUT2D eigenvalue weighted by atomic mass is 10.2. The number of rotatable bonds is 4. The largest absolute Gasteiger partial charge is 0.490 e. The molecule has 3 heterocycles. The highest BCUT2D eigenvalue weighted by Crippen LogP contribution is 2.31. The molecule has 160 valence electrons. The van der Waals surface area contributed by atoms with Crippen LogP contribution in [-0.2, 0) is 14.8 Å². The zero-order valence-corrected chi connectivity index (χ0v) is 18.5. The molecular formula is C20H21ClN2O5S2. The van der Waals surface area contributed by atoms with Gasteiger partial charge in [0.15, 0.2) is 11.5 Å². The number of fused-ring (bicyclic) bond motifs is 1. The lowest BCUT2D eigenvalue weighted by Crippen LogP contribution is -2.50. The van der Waals surface area contributed by atoms with E-state index in [9.17, 15) is 13.2 Å². The standard InChI is InChI=1S/C20H21ClN2O5S2/c21-18-5-7-20(29-18)30(25,26)23-10-8-22(9-11-23)19(24)6-3-15-2-4-16-17(14-15)28-13-1-12-27-16/h2-7,14H,1,8-13H2/b6-3+. The summed E-state index contributed by atoms with van der Waals surface area (Å²) in [4.78, 5) is 14.2. The minimum absolute atomic E-state index is 0.154. The molecule has 1 saturated heterocycles. The van der Waals surface area contributed by atoms with Gasteiger partial charge in [0.2, 0.25) is 5.91 Å². The van der Waals surface area contributed by atoms with E-state index >= 15 is 0 Å². The monoisotopic (exact) mass is 468 g/mol. The average Bonchev–Trinajstić information content (AvgIpc) is 3.06. The Morgan fingerprint density at radius 1 is 1.03 bits per heavy atom. The van der Waals surface area contributed by atoms with Crippen molar-refractivity contribution < 1.29 is 22.7 Å². The zero-order chi connectivity index (χ0) is 21.1. The smallest absolute Gasteiger partial charge is 0.252 e. The van der Waals surface area contributed by atoms with Gasteiger partial charge in [0.25, 0.3) is 10.0 Å². The fourth-order valence-electron chi connectivity index (χ4n) is 3.27. The highest BCUT2D eigenvalue weighted by Gasteiger charge is 2.30. The van der Waals surface area contributed by atoms with E-state index in [0.717, 1.165) is 23.3 Å². The van der Waals surface area contributed by atoms with Crippen LogP contribution in [0.4, 0.5) is 0 Å². The molecule has 1 fully saturated rings. The van der Waals surface area contributed by atoms with Gasteiger partial charge in [-0.3, -0.25) is 4.79 Å². The predicted molar refractivity (Wildman–Crippen MR) is 116 cm³/mol. The summed E-state index contributed by atoms with van der Waals surface area (Å²) in [7, 11) is -3.57. The Morgan fingerprint density at radius 2 is 1.77 bits per heavy atom. The van der Waals surface area contributed by atoms with E-state index in [-0.39, 0.29) is 23.2 Å². The molecule has 30 heavy (non-hydrogen) atoms. The van der Waals surface area contributed by atoms with Gasteiger partial charge in [0.05, 0.1) is 17.6 Å². The van der Waals surface area contributed by atoms with E-state index in [0.29, 0.717) is 42.1 Å². The average molecular weight is 469 g/mol. The maximum atomic E-state index is 12.7. The molecule has 1 aromatic carbocycles. The molecule has 10 heteroatoms. The van der Waals surface area contributed by atoms with Crippen molar-refractivity contribution in [3.05, 3.63) is 46.3 Å². The zero-order valence-electron chi connectivity index (χ0n) is 16.1. The number of hydrogen-bond acceptors (Lipinski definition) is 6. The first-order valence-electron chi connectivity index (χ1n) is 9.55. The van der Waals surface area contributed by atoms with Crippen molar-refractivity contribution >= 4 is 44.9 Å². The fourth-order valence-corrected chi connectivity index (χ4v) is 6.33. The Bertz CT molecular complexity index is 1060. The van der Waals surface area contributed by atoms with Crippen LogP contribution in [0.1, 0.15) is 12.0 Å². The molecular weight excluding hydrogens is 448 g/mol. The summed E-state index contributed by atoms with van der Waals surface area (Å²) in [5.41, 5.74) is 0.836. The normalized spacial score (nSPS) is 17.8. The number of carbonyl (C=O) groups is 1. The van der Waals surface area contributed by atoms with Gasteiger partial charge in [-0.15, -0.1) is 11.3 Å². The molecule has 0 radical (unpaired) electrons. The Morgan fingerprint density at radius 3 is 2.47 bits per heavy atom. The van der Waals surface area contributed by atoms with Crippen LogP contribution in [-0.4, -0.2) is 62.9 Å². The van der Waals surface area contributed by atoms with Crippen molar-refractivity contribution in [2.75, 3.05) is 39.4 Å². The number of nitrogens with zero attached hydrogens (tertiary/aromatic N) is 2. The first kappa shape index (κ1) is 21.2. The van der Waals surface area contributed by atoms with Crippen LogP contribution in [0.3, 0.4) is 0 Å². The molecule has 0 spiro atoms. The van der Waals surface area contributed by atoms with Gasteiger partial charge in [0.1, 0.15) is 4.21 Å². The number of ether oxygens (including phenoxy) is 2. The number of thiophene rings is 1. The summed E-state index contributed by atoms with van der Waals surface area (Å²) < 4.78 is 38.7. The third-order valence-electron chi connectivity index (χ3n) is 4.88. The van der Waals surface area contributed by atoms with Gasteiger partial charge in [0, 0.05) is 38.7 Å².